The summed E-state index contributed by atoms with van der Waals surface area (Å²) in [5.74, 6) is 0.137. The van der Waals surface area contributed by atoms with Gasteiger partial charge in [-0.1, -0.05) is 13.0 Å². The molecule has 1 fully saturated rings. The monoisotopic (exact) mass is 399 g/mol. The second-order valence-electron chi connectivity index (χ2n) is 7.84. The second-order valence-corrected chi connectivity index (χ2v) is 8.81. The second kappa shape index (κ2) is 8.72. The number of ether oxygens (including phenoxy) is 1. The predicted molar refractivity (Wildman–Crippen MR) is 112 cm³/mol. The number of aromatic nitrogens is 1. The van der Waals surface area contributed by atoms with Gasteiger partial charge in [0.1, 0.15) is 0 Å². The molecule has 28 heavy (non-hydrogen) atoms. The number of carbonyl (C=O) groups is 1. The van der Waals surface area contributed by atoms with Gasteiger partial charge >= 0.3 is 0 Å². The molecule has 5 nitrogen and oxygen atoms in total. The number of hydrogen-bond acceptors (Lipinski definition) is 5. The zero-order chi connectivity index (χ0) is 19.5. The Morgan fingerprint density at radius 2 is 2.32 bits per heavy atom. The number of rotatable bonds is 6. The molecular weight excluding hydrogens is 370 g/mol. The Morgan fingerprint density at radius 3 is 3.04 bits per heavy atom. The molecule has 4 rings (SSSR count). The molecule has 0 spiro atoms. The Balaban J connectivity index is 1.38. The van der Waals surface area contributed by atoms with Gasteiger partial charge in [-0.15, -0.1) is 11.3 Å². The molecule has 0 radical (unpaired) electrons. The van der Waals surface area contributed by atoms with Gasteiger partial charge in [-0.2, -0.15) is 0 Å². The quantitative estimate of drug-likeness (QED) is 0.746. The number of fused-ring (bicyclic) bond motifs is 1. The molecule has 0 bridgehead atoms. The van der Waals surface area contributed by atoms with Crippen molar-refractivity contribution in [3.8, 4) is 0 Å². The van der Waals surface area contributed by atoms with Crippen LogP contribution in [-0.4, -0.2) is 53.5 Å². The molecule has 6 heteroatoms. The van der Waals surface area contributed by atoms with Gasteiger partial charge in [-0.3, -0.25) is 14.7 Å². The minimum Gasteiger partial charge on any atom is -0.376 e. The lowest BCUT2D eigenvalue weighted by atomic mass is 10.0. The van der Waals surface area contributed by atoms with Gasteiger partial charge in [0.05, 0.1) is 17.4 Å². The van der Waals surface area contributed by atoms with Gasteiger partial charge in [0, 0.05) is 56.3 Å². The highest BCUT2D eigenvalue weighted by atomic mass is 32.1. The maximum Gasteiger partial charge on any atom is 0.254 e. The summed E-state index contributed by atoms with van der Waals surface area (Å²) < 4.78 is 5.69. The van der Waals surface area contributed by atoms with Gasteiger partial charge in [0.15, 0.2) is 0 Å². The number of pyridine rings is 1. The average molecular weight is 400 g/mol. The van der Waals surface area contributed by atoms with E-state index in [1.165, 1.54) is 16.0 Å². The Kier molecular flexibility index (Phi) is 6.09. The lowest BCUT2D eigenvalue weighted by molar-refractivity contribution is 0.0586. The number of carbonyl (C=O) groups excluding carboxylic acids is 1. The van der Waals surface area contributed by atoms with E-state index in [0.29, 0.717) is 6.54 Å². The average Bonchev–Trinajstić information content (AvgIpc) is 3.37. The largest absolute Gasteiger partial charge is 0.376 e. The molecule has 0 N–H and O–H groups in total. The van der Waals surface area contributed by atoms with Crippen LogP contribution >= 0.6 is 11.3 Å². The zero-order valence-corrected chi connectivity index (χ0v) is 17.6. The molecule has 1 atom stereocenters. The van der Waals surface area contributed by atoms with Gasteiger partial charge < -0.3 is 9.64 Å². The first-order valence-corrected chi connectivity index (χ1v) is 11.1. The van der Waals surface area contributed by atoms with E-state index < -0.39 is 0 Å². The van der Waals surface area contributed by atoms with Crippen molar-refractivity contribution in [3.05, 3.63) is 51.0 Å². The summed E-state index contributed by atoms with van der Waals surface area (Å²) in [6, 6.07) is 4.31. The summed E-state index contributed by atoms with van der Waals surface area (Å²) in [6.07, 6.45) is 6.30. The maximum atomic E-state index is 13.0. The zero-order valence-electron chi connectivity index (χ0n) is 16.8. The third-order valence-corrected chi connectivity index (χ3v) is 6.80. The first-order valence-electron chi connectivity index (χ1n) is 10.3. The van der Waals surface area contributed by atoms with Crippen molar-refractivity contribution in [2.24, 2.45) is 0 Å². The molecule has 0 unspecified atom stereocenters. The smallest absolute Gasteiger partial charge is 0.254 e. The Labute approximate surface area is 171 Å². The van der Waals surface area contributed by atoms with Crippen LogP contribution in [0.4, 0.5) is 0 Å². The summed E-state index contributed by atoms with van der Waals surface area (Å²) in [4.78, 5) is 23.1. The van der Waals surface area contributed by atoms with Crippen molar-refractivity contribution in [1.29, 1.82) is 0 Å². The molecule has 0 saturated carbocycles. The fourth-order valence-electron chi connectivity index (χ4n) is 4.07. The Morgan fingerprint density at radius 1 is 1.43 bits per heavy atom. The summed E-state index contributed by atoms with van der Waals surface area (Å²) in [7, 11) is 1.90. The van der Waals surface area contributed by atoms with Crippen LogP contribution in [0.25, 0.3) is 0 Å². The summed E-state index contributed by atoms with van der Waals surface area (Å²) in [6.45, 7) is 6.40. The van der Waals surface area contributed by atoms with E-state index in [1.54, 1.807) is 11.3 Å². The van der Waals surface area contributed by atoms with Gasteiger partial charge in [-0.25, -0.2) is 0 Å². The number of amides is 1. The van der Waals surface area contributed by atoms with Crippen LogP contribution in [0.15, 0.2) is 23.7 Å². The van der Waals surface area contributed by atoms with Crippen LogP contribution in [0.5, 0.6) is 0 Å². The number of nitrogens with zero attached hydrogens (tertiary/aromatic N) is 3. The highest BCUT2D eigenvalue weighted by molar-refractivity contribution is 7.10. The van der Waals surface area contributed by atoms with E-state index in [2.05, 4.69) is 34.3 Å². The first-order chi connectivity index (χ1) is 13.6. The van der Waals surface area contributed by atoms with Gasteiger partial charge in [0.25, 0.3) is 5.91 Å². The van der Waals surface area contributed by atoms with Crippen molar-refractivity contribution in [1.82, 2.24) is 14.8 Å². The molecule has 4 heterocycles. The normalized spacial score (nSPS) is 19.6. The van der Waals surface area contributed by atoms with Crippen molar-refractivity contribution in [3.63, 3.8) is 0 Å². The van der Waals surface area contributed by atoms with Crippen molar-refractivity contribution in [2.75, 3.05) is 26.7 Å². The predicted octanol–water partition coefficient (Wildman–Crippen LogP) is 3.51. The molecule has 0 aliphatic carbocycles. The van der Waals surface area contributed by atoms with Crippen LogP contribution in [-0.2, 0) is 30.7 Å². The van der Waals surface area contributed by atoms with E-state index in [1.807, 2.05) is 18.1 Å². The fraction of sp³-hybridized carbons (Fsp3) is 0.545. The maximum absolute atomic E-state index is 13.0. The number of aryl methyl sites for hydroxylation is 1. The van der Waals surface area contributed by atoms with Crippen LogP contribution in [0.1, 0.15) is 51.8 Å². The summed E-state index contributed by atoms with van der Waals surface area (Å²) in [5, 5.41) is 2.05. The highest BCUT2D eigenvalue weighted by Gasteiger charge is 2.27. The van der Waals surface area contributed by atoms with Gasteiger partial charge in [0.2, 0.25) is 0 Å². The SMILES string of the molecule is CCc1ccc(CN2CCc3c(C(=O)N(C)C[C@H]4CCCO4)csc3C2)nc1. The van der Waals surface area contributed by atoms with E-state index >= 15 is 0 Å². The molecule has 150 valence electrons. The lowest BCUT2D eigenvalue weighted by Crippen LogP contribution is -2.35. The highest BCUT2D eigenvalue weighted by Crippen LogP contribution is 2.30. The Bertz CT molecular complexity index is 812. The van der Waals surface area contributed by atoms with Crippen LogP contribution in [0.2, 0.25) is 0 Å². The minimum atomic E-state index is 0.137. The molecule has 2 aromatic heterocycles. The lowest BCUT2D eigenvalue weighted by Gasteiger charge is -2.27. The van der Waals surface area contributed by atoms with E-state index in [9.17, 15) is 4.79 Å². The van der Waals surface area contributed by atoms with Crippen molar-refractivity contribution < 1.29 is 9.53 Å². The first kappa shape index (κ1) is 19.6. The van der Waals surface area contributed by atoms with Crippen molar-refractivity contribution in [2.45, 2.75) is 51.8 Å². The molecule has 1 amide bonds. The molecule has 2 aliphatic rings. The summed E-state index contributed by atoms with van der Waals surface area (Å²) >= 11 is 1.72. The fourth-order valence-corrected chi connectivity index (χ4v) is 5.18. The van der Waals surface area contributed by atoms with E-state index in [0.717, 1.165) is 63.2 Å². The molecule has 2 aliphatic heterocycles. The van der Waals surface area contributed by atoms with Crippen LogP contribution in [0, 0.1) is 0 Å². The third-order valence-electron chi connectivity index (χ3n) is 5.78. The van der Waals surface area contributed by atoms with Crippen LogP contribution < -0.4 is 0 Å². The Hall–Kier alpha value is -1.76. The number of hydrogen-bond donors (Lipinski definition) is 0. The number of likely N-dealkylation sites (N-methyl/N-ethyl adjacent to an activating group) is 1. The molecule has 2 aromatic rings. The van der Waals surface area contributed by atoms with Crippen LogP contribution in [0.3, 0.4) is 0 Å². The minimum absolute atomic E-state index is 0.137. The topological polar surface area (TPSA) is 45.7 Å². The summed E-state index contributed by atoms with van der Waals surface area (Å²) in [5.41, 5.74) is 4.54. The number of thiophene rings is 1. The molecule has 1 saturated heterocycles. The van der Waals surface area contributed by atoms with E-state index in [4.69, 9.17) is 4.74 Å². The van der Waals surface area contributed by atoms with Crippen molar-refractivity contribution >= 4 is 17.2 Å². The standard InChI is InChI=1S/C22H29N3O2S/c1-3-16-6-7-17(23-11-16)12-25-9-8-19-20(15-28-21(19)14-25)22(26)24(2)13-18-5-4-10-27-18/h6-7,11,15,18H,3-5,8-10,12-14H2,1-2H3/t18-/m1/s1. The molecule has 0 aromatic carbocycles. The van der Waals surface area contributed by atoms with Gasteiger partial charge in [-0.05, 0) is 42.9 Å². The van der Waals surface area contributed by atoms with E-state index in [-0.39, 0.29) is 12.0 Å². The molecular formula is C22H29N3O2S. The third kappa shape index (κ3) is 4.29.